The third-order valence-corrected chi connectivity index (χ3v) is 3.65. The molecule has 0 radical (unpaired) electrons. The van der Waals surface area contributed by atoms with Crippen molar-refractivity contribution in [2.75, 3.05) is 0 Å². The first-order chi connectivity index (χ1) is 10.1. The first kappa shape index (κ1) is 13.8. The van der Waals surface area contributed by atoms with Gasteiger partial charge < -0.3 is 9.72 Å². The molecule has 0 aliphatic rings. The maximum Gasteiger partial charge on any atom is 0.253 e. The van der Waals surface area contributed by atoms with Crippen LogP contribution in [-0.4, -0.2) is 20.3 Å². The van der Waals surface area contributed by atoms with Gasteiger partial charge in [-0.25, -0.2) is 4.98 Å². The van der Waals surface area contributed by atoms with E-state index >= 15 is 0 Å². The second-order valence-electron chi connectivity index (χ2n) is 4.65. The van der Waals surface area contributed by atoms with Crippen LogP contribution in [0.25, 0.3) is 5.65 Å². The predicted octanol–water partition coefficient (Wildman–Crippen LogP) is 2.73. The fourth-order valence-electron chi connectivity index (χ4n) is 2.18. The molecule has 0 saturated carbocycles. The summed E-state index contributed by atoms with van der Waals surface area (Å²) >= 11 is 3.31. The van der Waals surface area contributed by atoms with E-state index in [0.717, 1.165) is 21.5 Å². The molecule has 5 nitrogen and oxygen atoms in total. The molecule has 0 saturated heterocycles. The van der Waals surface area contributed by atoms with Crippen molar-refractivity contribution in [3.63, 3.8) is 0 Å². The topological polar surface area (TPSA) is 59.3 Å². The van der Waals surface area contributed by atoms with E-state index in [1.165, 1.54) is 0 Å². The number of imidazole rings is 1. The summed E-state index contributed by atoms with van der Waals surface area (Å²) in [6.45, 7) is 2.36. The Bertz CT molecular complexity index is 812. The number of nitrogens with one attached hydrogen (secondary N) is 1. The molecule has 0 atom stereocenters. The Hall–Kier alpha value is -2.21. The van der Waals surface area contributed by atoms with E-state index in [2.05, 4.69) is 31.2 Å². The number of hydrogen-bond donors (Lipinski definition) is 1. The molecule has 0 spiro atoms. The van der Waals surface area contributed by atoms with Gasteiger partial charge in [0.05, 0.1) is 23.5 Å². The zero-order valence-corrected chi connectivity index (χ0v) is 13.0. The largest absolute Gasteiger partial charge is 0.346 e. The lowest BCUT2D eigenvalue weighted by atomic mass is 10.2. The molecule has 3 aromatic rings. The maximum atomic E-state index is 12.1. The summed E-state index contributed by atoms with van der Waals surface area (Å²) in [6.07, 6.45) is 5.13. The molecule has 1 N–H and O–H groups in total. The number of amides is 1. The number of rotatable bonds is 3. The van der Waals surface area contributed by atoms with Crippen LogP contribution in [0, 0.1) is 6.92 Å². The van der Waals surface area contributed by atoms with Gasteiger partial charge in [-0.3, -0.25) is 9.78 Å². The Morgan fingerprint density at radius 1 is 1.38 bits per heavy atom. The van der Waals surface area contributed by atoms with Gasteiger partial charge in [-0.2, -0.15) is 0 Å². The van der Waals surface area contributed by atoms with E-state index in [4.69, 9.17) is 0 Å². The fourth-order valence-corrected chi connectivity index (χ4v) is 2.54. The van der Waals surface area contributed by atoms with Gasteiger partial charge in [-0.1, -0.05) is 6.07 Å². The highest BCUT2D eigenvalue weighted by molar-refractivity contribution is 9.10. The number of hydrogen-bond acceptors (Lipinski definition) is 3. The van der Waals surface area contributed by atoms with Gasteiger partial charge in [-0.15, -0.1) is 0 Å². The van der Waals surface area contributed by atoms with Crippen molar-refractivity contribution >= 4 is 27.5 Å². The molecule has 0 bridgehead atoms. The first-order valence-corrected chi connectivity index (χ1v) is 7.26. The Morgan fingerprint density at radius 2 is 2.24 bits per heavy atom. The van der Waals surface area contributed by atoms with Crippen LogP contribution in [-0.2, 0) is 6.54 Å². The van der Waals surface area contributed by atoms with Crippen molar-refractivity contribution in [1.29, 1.82) is 0 Å². The number of carbonyl (C=O) groups excluding carboxylic acids is 1. The van der Waals surface area contributed by atoms with Crippen LogP contribution in [0.5, 0.6) is 0 Å². The van der Waals surface area contributed by atoms with Gasteiger partial charge in [0.1, 0.15) is 5.65 Å². The number of pyridine rings is 2. The zero-order valence-electron chi connectivity index (χ0n) is 11.4. The summed E-state index contributed by atoms with van der Waals surface area (Å²) in [5.74, 6) is -0.158. The fraction of sp³-hybridized carbons (Fsp3) is 0.133. The summed E-state index contributed by atoms with van der Waals surface area (Å²) in [5.41, 5.74) is 3.29. The normalized spacial score (nSPS) is 10.8. The Labute approximate surface area is 130 Å². The molecule has 106 valence electrons. The van der Waals surface area contributed by atoms with Gasteiger partial charge in [0, 0.05) is 23.1 Å². The molecule has 3 aromatic heterocycles. The lowest BCUT2D eigenvalue weighted by molar-refractivity contribution is 0.0950. The minimum atomic E-state index is -0.158. The van der Waals surface area contributed by atoms with E-state index in [1.807, 2.05) is 35.7 Å². The average molecular weight is 345 g/mol. The third-order valence-electron chi connectivity index (χ3n) is 3.21. The molecule has 0 fully saturated rings. The van der Waals surface area contributed by atoms with Crippen molar-refractivity contribution in [3.8, 4) is 0 Å². The van der Waals surface area contributed by atoms with E-state index in [0.29, 0.717) is 12.1 Å². The molecule has 1 amide bonds. The molecule has 0 aromatic carbocycles. The number of aromatic nitrogens is 3. The van der Waals surface area contributed by atoms with Gasteiger partial charge in [0.25, 0.3) is 5.91 Å². The van der Waals surface area contributed by atoms with Crippen LogP contribution in [0.15, 0.2) is 47.3 Å². The monoisotopic (exact) mass is 344 g/mol. The Morgan fingerprint density at radius 3 is 3.05 bits per heavy atom. The maximum absolute atomic E-state index is 12.1. The SMILES string of the molecule is Cc1nc2ccccn2c1CNC(=O)c1cncc(Br)c1. The number of fused-ring (bicyclic) bond motifs is 1. The van der Waals surface area contributed by atoms with Crippen LogP contribution >= 0.6 is 15.9 Å². The van der Waals surface area contributed by atoms with Crippen LogP contribution in [0.4, 0.5) is 0 Å². The summed E-state index contributed by atoms with van der Waals surface area (Å²) in [7, 11) is 0. The lowest BCUT2D eigenvalue weighted by Gasteiger charge is -2.06. The van der Waals surface area contributed by atoms with Gasteiger partial charge in [-0.05, 0) is 41.1 Å². The summed E-state index contributed by atoms with van der Waals surface area (Å²) < 4.78 is 2.76. The third kappa shape index (κ3) is 2.80. The Kier molecular flexibility index (Phi) is 3.70. The lowest BCUT2D eigenvalue weighted by Crippen LogP contribution is -2.24. The summed E-state index contributed by atoms with van der Waals surface area (Å²) in [5, 5.41) is 2.90. The van der Waals surface area contributed by atoms with Crippen molar-refractivity contribution in [2.45, 2.75) is 13.5 Å². The highest BCUT2D eigenvalue weighted by Gasteiger charge is 2.11. The average Bonchev–Trinajstić information content (AvgIpc) is 2.80. The smallest absolute Gasteiger partial charge is 0.253 e. The van der Waals surface area contributed by atoms with Crippen LogP contribution in [0.2, 0.25) is 0 Å². The van der Waals surface area contributed by atoms with E-state index in [9.17, 15) is 4.79 Å². The number of carbonyl (C=O) groups is 1. The van der Waals surface area contributed by atoms with Crippen LogP contribution < -0.4 is 5.32 Å². The van der Waals surface area contributed by atoms with E-state index < -0.39 is 0 Å². The molecule has 3 heterocycles. The van der Waals surface area contributed by atoms with Gasteiger partial charge in [0.2, 0.25) is 0 Å². The number of aryl methyl sites for hydroxylation is 1. The molecule has 3 rings (SSSR count). The predicted molar refractivity (Wildman–Crippen MR) is 83.0 cm³/mol. The quantitative estimate of drug-likeness (QED) is 0.794. The molecule has 0 aliphatic heterocycles. The number of halogens is 1. The van der Waals surface area contributed by atoms with Crippen LogP contribution in [0.1, 0.15) is 21.7 Å². The van der Waals surface area contributed by atoms with Gasteiger partial charge >= 0.3 is 0 Å². The van der Waals surface area contributed by atoms with Crippen molar-refractivity contribution < 1.29 is 4.79 Å². The molecular formula is C15H13BrN4O. The van der Waals surface area contributed by atoms with Crippen molar-refractivity contribution in [1.82, 2.24) is 19.7 Å². The zero-order chi connectivity index (χ0) is 14.8. The first-order valence-electron chi connectivity index (χ1n) is 6.46. The molecule has 21 heavy (non-hydrogen) atoms. The highest BCUT2D eigenvalue weighted by Crippen LogP contribution is 2.12. The highest BCUT2D eigenvalue weighted by atomic mass is 79.9. The van der Waals surface area contributed by atoms with Crippen LogP contribution in [0.3, 0.4) is 0 Å². The molecule has 0 aliphatic carbocycles. The minimum Gasteiger partial charge on any atom is -0.346 e. The number of nitrogens with zero attached hydrogens (tertiary/aromatic N) is 3. The minimum absolute atomic E-state index is 0.158. The van der Waals surface area contributed by atoms with E-state index in [-0.39, 0.29) is 5.91 Å². The molecule has 0 unspecified atom stereocenters. The molecule has 6 heteroatoms. The summed E-state index contributed by atoms with van der Waals surface area (Å²) in [6, 6.07) is 7.56. The second-order valence-corrected chi connectivity index (χ2v) is 5.56. The van der Waals surface area contributed by atoms with E-state index in [1.54, 1.807) is 18.5 Å². The van der Waals surface area contributed by atoms with Crippen molar-refractivity contribution in [2.24, 2.45) is 0 Å². The summed E-state index contributed by atoms with van der Waals surface area (Å²) in [4.78, 5) is 20.6. The standard InChI is InChI=1S/C15H13BrN4O/c1-10-13(20-5-3-2-4-14(20)19-10)9-18-15(21)11-6-12(16)8-17-7-11/h2-8H,9H2,1H3,(H,18,21). The second kappa shape index (κ2) is 5.65. The van der Waals surface area contributed by atoms with Gasteiger partial charge in [0.15, 0.2) is 0 Å². The Balaban J connectivity index is 1.80. The molecular weight excluding hydrogens is 332 g/mol. The van der Waals surface area contributed by atoms with Crippen molar-refractivity contribution in [3.05, 3.63) is 64.3 Å².